The van der Waals surface area contributed by atoms with Gasteiger partial charge < -0.3 is 0 Å². The quantitative estimate of drug-likeness (QED) is 0.437. The molecular formula is C4H9N3Si. The minimum Gasteiger partial charge on any atom is -0.256 e. The lowest BCUT2D eigenvalue weighted by atomic mass is 11.2. The topological polar surface area (TPSA) is 30.7 Å². The van der Waals surface area contributed by atoms with Gasteiger partial charge >= 0.3 is 0 Å². The van der Waals surface area contributed by atoms with Crippen molar-refractivity contribution >= 4 is 15.0 Å². The van der Waals surface area contributed by atoms with Crippen molar-refractivity contribution in [3.05, 3.63) is 6.33 Å². The van der Waals surface area contributed by atoms with Gasteiger partial charge in [-0.25, -0.2) is 4.98 Å². The predicted molar refractivity (Wildman–Crippen MR) is 35.0 cm³/mol. The molecule has 1 heterocycles. The van der Waals surface area contributed by atoms with Crippen molar-refractivity contribution in [1.82, 2.24) is 14.8 Å². The van der Waals surface area contributed by atoms with Crippen LogP contribution in [0.15, 0.2) is 6.33 Å². The Morgan fingerprint density at radius 2 is 2.50 bits per heavy atom. The summed E-state index contributed by atoms with van der Waals surface area (Å²) >= 11 is 0. The normalized spacial score (nSPS) is 11.2. The summed E-state index contributed by atoms with van der Waals surface area (Å²) < 4.78 is 1.74. The van der Waals surface area contributed by atoms with Crippen LogP contribution in [-0.2, 0) is 7.05 Å². The molecule has 0 spiro atoms. The molecule has 4 heteroatoms. The summed E-state index contributed by atoms with van der Waals surface area (Å²) in [7, 11) is 1.76. The molecule has 0 aromatic carbocycles. The monoisotopic (exact) mass is 127 g/mol. The van der Waals surface area contributed by atoms with Crippen LogP contribution in [0, 0.1) is 0 Å². The molecular weight excluding hydrogens is 118 g/mol. The highest BCUT2D eigenvalue weighted by molar-refractivity contribution is 6.49. The largest absolute Gasteiger partial charge is 0.256 e. The minimum absolute atomic E-state index is 0.131. The van der Waals surface area contributed by atoms with Gasteiger partial charge in [0.05, 0.1) is 0 Å². The van der Waals surface area contributed by atoms with Gasteiger partial charge in [-0.2, -0.15) is 5.10 Å². The highest BCUT2D eigenvalue weighted by atomic mass is 28.2. The highest BCUT2D eigenvalue weighted by Gasteiger charge is 1.90. The van der Waals surface area contributed by atoms with Crippen molar-refractivity contribution < 1.29 is 0 Å². The summed E-state index contributed by atoms with van der Waals surface area (Å²) in [5.74, 6) is 0. The van der Waals surface area contributed by atoms with Crippen LogP contribution in [0.25, 0.3) is 0 Å². The summed E-state index contributed by atoms with van der Waals surface area (Å²) in [5, 5.41) is 4.10. The Morgan fingerprint density at radius 3 is 2.75 bits per heavy atom. The number of hydrogen-bond acceptors (Lipinski definition) is 2. The zero-order valence-electron chi connectivity index (χ0n) is 5.13. The van der Waals surface area contributed by atoms with E-state index in [4.69, 9.17) is 0 Å². The first-order valence-corrected chi connectivity index (χ1v) is 4.79. The summed E-state index contributed by atoms with van der Waals surface area (Å²) in [4.78, 5) is 4.05. The molecule has 3 nitrogen and oxygen atoms in total. The Labute approximate surface area is 50.6 Å². The van der Waals surface area contributed by atoms with E-state index in [-0.39, 0.29) is 9.52 Å². The Balaban J connectivity index is 2.84. The third-order valence-electron chi connectivity index (χ3n) is 0.963. The predicted octanol–water partition coefficient (Wildman–Crippen LogP) is -1.34. The van der Waals surface area contributed by atoms with Crippen LogP contribution in [0.2, 0.25) is 6.55 Å². The number of rotatable bonds is 1. The minimum atomic E-state index is -0.131. The van der Waals surface area contributed by atoms with Crippen molar-refractivity contribution in [2.24, 2.45) is 7.05 Å². The second-order valence-electron chi connectivity index (χ2n) is 1.69. The number of aryl methyl sites for hydroxylation is 1. The molecule has 0 saturated heterocycles. The first kappa shape index (κ1) is 5.49. The molecule has 0 fully saturated rings. The van der Waals surface area contributed by atoms with Gasteiger partial charge in [0.2, 0.25) is 0 Å². The third kappa shape index (κ3) is 0.948. The molecule has 0 saturated carbocycles. The molecule has 0 bridgehead atoms. The van der Waals surface area contributed by atoms with E-state index in [2.05, 4.69) is 16.6 Å². The van der Waals surface area contributed by atoms with E-state index >= 15 is 0 Å². The summed E-state index contributed by atoms with van der Waals surface area (Å²) in [6.07, 6.45) is 1.74. The number of aromatic nitrogens is 3. The van der Waals surface area contributed by atoms with E-state index in [1.54, 1.807) is 11.0 Å². The Kier molecular flexibility index (Phi) is 1.43. The number of hydrogen-bond donors (Lipinski definition) is 0. The van der Waals surface area contributed by atoms with Crippen LogP contribution in [0.1, 0.15) is 0 Å². The Bertz CT molecular complexity index is 172. The first-order valence-electron chi connectivity index (χ1n) is 2.67. The lowest BCUT2D eigenvalue weighted by Gasteiger charge is -1.80. The van der Waals surface area contributed by atoms with Crippen LogP contribution in [0.5, 0.6) is 0 Å². The van der Waals surface area contributed by atoms with Gasteiger partial charge in [0.15, 0.2) is 0 Å². The summed E-state index contributed by atoms with van der Waals surface area (Å²) in [6, 6.07) is 0. The van der Waals surface area contributed by atoms with Crippen LogP contribution >= 0.6 is 0 Å². The van der Waals surface area contributed by atoms with Gasteiger partial charge in [-0.3, -0.25) is 4.68 Å². The van der Waals surface area contributed by atoms with Crippen molar-refractivity contribution in [1.29, 1.82) is 0 Å². The maximum absolute atomic E-state index is 4.10. The zero-order chi connectivity index (χ0) is 5.98. The van der Waals surface area contributed by atoms with Crippen molar-refractivity contribution in [2.45, 2.75) is 6.55 Å². The molecule has 0 unspecified atom stereocenters. The van der Waals surface area contributed by atoms with E-state index < -0.39 is 0 Å². The molecule has 1 aromatic heterocycles. The molecule has 0 N–H and O–H groups in total. The van der Waals surface area contributed by atoms with Crippen LogP contribution in [-0.4, -0.2) is 24.3 Å². The fourth-order valence-corrected chi connectivity index (χ4v) is 1.17. The summed E-state index contributed by atoms with van der Waals surface area (Å²) in [6.45, 7) is 2.18. The second kappa shape index (κ2) is 2.08. The molecule has 0 radical (unpaired) electrons. The SMILES string of the molecule is C[SiH2]c1ncn(C)n1. The molecule has 44 valence electrons. The lowest BCUT2D eigenvalue weighted by Crippen LogP contribution is -2.15. The molecule has 8 heavy (non-hydrogen) atoms. The van der Waals surface area contributed by atoms with Gasteiger partial charge in [-0.05, 0) is 0 Å². The zero-order valence-corrected chi connectivity index (χ0v) is 6.54. The fourth-order valence-electron chi connectivity index (χ4n) is 0.546. The third-order valence-corrected chi connectivity index (χ3v) is 1.92. The average molecular weight is 127 g/mol. The lowest BCUT2D eigenvalue weighted by molar-refractivity contribution is 0.772. The Morgan fingerprint density at radius 1 is 1.75 bits per heavy atom. The highest BCUT2D eigenvalue weighted by Crippen LogP contribution is 1.65. The van der Waals surface area contributed by atoms with Crippen molar-refractivity contribution in [3.63, 3.8) is 0 Å². The van der Waals surface area contributed by atoms with Gasteiger partial charge in [0.25, 0.3) is 0 Å². The van der Waals surface area contributed by atoms with Gasteiger partial charge in [-0.15, -0.1) is 0 Å². The number of nitrogens with zero attached hydrogens (tertiary/aromatic N) is 3. The molecule has 0 aliphatic rings. The summed E-state index contributed by atoms with van der Waals surface area (Å²) in [5.41, 5.74) is 1.05. The van der Waals surface area contributed by atoms with E-state index in [1.807, 2.05) is 7.05 Å². The average Bonchev–Trinajstić information content (AvgIpc) is 2.14. The van der Waals surface area contributed by atoms with Crippen molar-refractivity contribution in [3.8, 4) is 0 Å². The smallest absolute Gasteiger partial charge is 0.121 e. The van der Waals surface area contributed by atoms with E-state index in [9.17, 15) is 0 Å². The fraction of sp³-hybridized carbons (Fsp3) is 0.500. The standard InChI is InChI=1S/C4H9N3Si/c1-7-3-5-4(6-7)8-2/h3H,8H2,1-2H3. The molecule has 0 atom stereocenters. The maximum atomic E-state index is 4.10. The van der Waals surface area contributed by atoms with E-state index in [1.165, 1.54) is 0 Å². The van der Waals surface area contributed by atoms with E-state index in [0.717, 1.165) is 5.45 Å². The molecule has 0 aliphatic heterocycles. The first-order chi connectivity index (χ1) is 3.83. The molecule has 0 aliphatic carbocycles. The molecule has 0 amide bonds. The van der Waals surface area contributed by atoms with Crippen LogP contribution in [0.3, 0.4) is 0 Å². The maximum Gasteiger partial charge on any atom is 0.121 e. The molecule has 1 rings (SSSR count). The Hall–Kier alpha value is -0.643. The molecule has 1 aromatic rings. The van der Waals surface area contributed by atoms with Crippen LogP contribution in [0.4, 0.5) is 0 Å². The van der Waals surface area contributed by atoms with Gasteiger partial charge in [-0.1, -0.05) is 6.55 Å². The van der Waals surface area contributed by atoms with Gasteiger partial charge in [0.1, 0.15) is 21.3 Å². The van der Waals surface area contributed by atoms with E-state index in [0.29, 0.717) is 0 Å². The van der Waals surface area contributed by atoms with Crippen LogP contribution < -0.4 is 5.45 Å². The van der Waals surface area contributed by atoms with Gasteiger partial charge in [0, 0.05) is 7.05 Å². The second-order valence-corrected chi connectivity index (χ2v) is 3.03. The van der Waals surface area contributed by atoms with Crippen molar-refractivity contribution in [2.75, 3.05) is 0 Å².